The molecule has 0 heterocycles. The molecule has 0 aromatic rings. The van der Waals surface area contributed by atoms with E-state index in [2.05, 4.69) is 26.3 Å². The van der Waals surface area contributed by atoms with E-state index in [1.165, 1.54) is 64.2 Å². The maximum Gasteiger partial charge on any atom is 0.0682 e. The average molecular weight is 243 g/mol. The second kappa shape index (κ2) is 14.0. The van der Waals surface area contributed by atoms with Crippen molar-refractivity contribution in [1.82, 2.24) is 5.48 Å². The molecule has 2 heteroatoms. The fourth-order valence-electron chi connectivity index (χ4n) is 1.89. The van der Waals surface area contributed by atoms with Gasteiger partial charge in [-0.1, -0.05) is 64.7 Å². The van der Waals surface area contributed by atoms with Crippen molar-refractivity contribution in [2.45, 2.75) is 91.0 Å². The minimum atomic E-state index is 0.429. The second-order valence-electron chi connectivity index (χ2n) is 5.30. The molecule has 0 aliphatic heterocycles. The van der Waals surface area contributed by atoms with Gasteiger partial charge in [0.05, 0.1) is 6.61 Å². The van der Waals surface area contributed by atoms with Crippen LogP contribution >= 0.6 is 0 Å². The van der Waals surface area contributed by atoms with Crippen molar-refractivity contribution in [3.05, 3.63) is 0 Å². The first-order valence-electron chi connectivity index (χ1n) is 7.64. The Bertz CT molecular complexity index is 137. The highest BCUT2D eigenvalue weighted by molar-refractivity contribution is 4.47. The van der Waals surface area contributed by atoms with Crippen LogP contribution in [-0.4, -0.2) is 12.6 Å². The zero-order valence-electron chi connectivity index (χ0n) is 12.3. The van der Waals surface area contributed by atoms with Gasteiger partial charge in [-0.2, -0.15) is 0 Å². The van der Waals surface area contributed by atoms with Crippen LogP contribution in [0.3, 0.4) is 0 Å². The number of unbranched alkanes of at least 4 members (excludes halogenated alkanes) is 9. The standard InChI is InChI=1S/C15H33NO/c1-4-5-6-7-8-9-10-11-12-13-14-17-16-15(2)3/h15-16H,4-14H2,1-3H3. The van der Waals surface area contributed by atoms with E-state index in [4.69, 9.17) is 4.84 Å². The fourth-order valence-corrected chi connectivity index (χ4v) is 1.89. The van der Waals surface area contributed by atoms with Gasteiger partial charge >= 0.3 is 0 Å². The van der Waals surface area contributed by atoms with Crippen LogP contribution in [0.25, 0.3) is 0 Å². The molecule has 0 fully saturated rings. The first-order chi connectivity index (χ1) is 8.27. The molecule has 0 amide bonds. The Kier molecular flexibility index (Phi) is 13.9. The zero-order chi connectivity index (χ0) is 12.8. The van der Waals surface area contributed by atoms with Gasteiger partial charge in [0.25, 0.3) is 0 Å². The largest absolute Gasteiger partial charge is 0.302 e. The minimum absolute atomic E-state index is 0.429. The molecule has 0 bridgehead atoms. The molecule has 0 aliphatic rings. The molecule has 0 aromatic carbocycles. The van der Waals surface area contributed by atoms with E-state index in [9.17, 15) is 0 Å². The van der Waals surface area contributed by atoms with Gasteiger partial charge in [-0.05, 0) is 20.3 Å². The lowest BCUT2D eigenvalue weighted by atomic mass is 10.1. The third kappa shape index (κ3) is 15.9. The average Bonchev–Trinajstić information content (AvgIpc) is 2.30. The van der Waals surface area contributed by atoms with E-state index in [-0.39, 0.29) is 0 Å². The molecule has 0 rings (SSSR count). The summed E-state index contributed by atoms with van der Waals surface area (Å²) in [6.45, 7) is 7.32. The maximum absolute atomic E-state index is 5.32. The number of hydrogen-bond donors (Lipinski definition) is 1. The zero-order valence-corrected chi connectivity index (χ0v) is 12.3. The van der Waals surface area contributed by atoms with Gasteiger partial charge in [0, 0.05) is 6.04 Å². The molecule has 0 aromatic heterocycles. The van der Waals surface area contributed by atoms with E-state index in [0.29, 0.717) is 6.04 Å². The van der Waals surface area contributed by atoms with Crippen LogP contribution in [0.1, 0.15) is 85.0 Å². The van der Waals surface area contributed by atoms with Crippen molar-refractivity contribution in [3.8, 4) is 0 Å². The van der Waals surface area contributed by atoms with Gasteiger partial charge in [-0.15, -0.1) is 0 Å². The smallest absolute Gasteiger partial charge is 0.0682 e. The Morgan fingerprint density at radius 1 is 0.765 bits per heavy atom. The normalized spacial score (nSPS) is 11.3. The Labute approximate surface area is 108 Å². The van der Waals surface area contributed by atoms with E-state index in [0.717, 1.165) is 6.61 Å². The van der Waals surface area contributed by atoms with Crippen molar-refractivity contribution in [2.75, 3.05) is 6.61 Å². The summed E-state index contributed by atoms with van der Waals surface area (Å²) in [7, 11) is 0. The molecule has 0 radical (unpaired) electrons. The van der Waals surface area contributed by atoms with Crippen molar-refractivity contribution >= 4 is 0 Å². The molecular weight excluding hydrogens is 210 g/mol. The van der Waals surface area contributed by atoms with E-state index in [1.807, 2.05) is 0 Å². The molecule has 0 saturated heterocycles. The van der Waals surface area contributed by atoms with Crippen molar-refractivity contribution in [1.29, 1.82) is 0 Å². The van der Waals surface area contributed by atoms with Crippen LogP contribution in [0.4, 0.5) is 0 Å². The summed E-state index contributed by atoms with van der Waals surface area (Å²) in [6, 6.07) is 0.429. The van der Waals surface area contributed by atoms with Crippen LogP contribution in [0.15, 0.2) is 0 Å². The van der Waals surface area contributed by atoms with Gasteiger partial charge in [0.2, 0.25) is 0 Å². The van der Waals surface area contributed by atoms with E-state index >= 15 is 0 Å². The number of hydrogen-bond acceptors (Lipinski definition) is 2. The van der Waals surface area contributed by atoms with Crippen LogP contribution in [0, 0.1) is 0 Å². The number of nitrogens with one attached hydrogen (secondary N) is 1. The third-order valence-electron chi connectivity index (χ3n) is 2.92. The second-order valence-corrected chi connectivity index (χ2v) is 5.30. The summed E-state index contributed by atoms with van der Waals surface area (Å²) >= 11 is 0. The summed E-state index contributed by atoms with van der Waals surface area (Å²) in [5.41, 5.74) is 2.98. The van der Waals surface area contributed by atoms with Crippen LogP contribution in [-0.2, 0) is 4.84 Å². The number of rotatable bonds is 13. The van der Waals surface area contributed by atoms with Gasteiger partial charge in [0.1, 0.15) is 0 Å². The van der Waals surface area contributed by atoms with Crippen molar-refractivity contribution in [3.63, 3.8) is 0 Å². The predicted molar refractivity (Wildman–Crippen MR) is 76.1 cm³/mol. The van der Waals surface area contributed by atoms with Crippen molar-refractivity contribution < 1.29 is 4.84 Å². The highest BCUT2D eigenvalue weighted by Crippen LogP contribution is 2.10. The van der Waals surface area contributed by atoms with Gasteiger partial charge in [0.15, 0.2) is 0 Å². The molecule has 0 aliphatic carbocycles. The molecule has 2 nitrogen and oxygen atoms in total. The van der Waals surface area contributed by atoms with E-state index < -0.39 is 0 Å². The molecule has 104 valence electrons. The van der Waals surface area contributed by atoms with Crippen LogP contribution in [0.5, 0.6) is 0 Å². The number of hydroxylamine groups is 1. The molecular formula is C15H33NO. The van der Waals surface area contributed by atoms with Gasteiger partial charge < -0.3 is 4.84 Å². The summed E-state index contributed by atoms with van der Waals surface area (Å²) in [5.74, 6) is 0. The topological polar surface area (TPSA) is 21.3 Å². The predicted octanol–water partition coefficient (Wildman–Crippen LogP) is 4.84. The lowest BCUT2D eigenvalue weighted by Gasteiger charge is -2.08. The lowest BCUT2D eigenvalue weighted by Crippen LogP contribution is -2.23. The van der Waals surface area contributed by atoms with Crippen molar-refractivity contribution in [2.24, 2.45) is 0 Å². The summed E-state index contributed by atoms with van der Waals surface area (Å²) < 4.78 is 0. The van der Waals surface area contributed by atoms with E-state index in [1.54, 1.807) is 0 Å². The van der Waals surface area contributed by atoms with Gasteiger partial charge in [-0.25, -0.2) is 5.48 Å². The maximum atomic E-state index is 5.32. The van der Waals surface area contributed by atoms with Crippen LogP contribution in [0.2, 0.25) is 0 Å². The highest BCUT2D eigenvalue weighted by atomic mass is 16.6. The highest BCUT2D eigenvalue weighted by Gasteiger charge is 1.94. The summed E-state index contributed by atoms with van der Waals surface area (Å²) in [4.78, 5) is 5.32. The molecule has 1 N–H and O–H groups in total. The summed E-state index contributed by atoms with van der Waals surface area (Å²) in [6.07, 6.45) is 13.8. The first kappa shape index (κ1) is 16.9. The Morgan fingerprint density at radius 2 is 1.24 bits per heavy atom. The Morgan fingerprint density at radius 3 is 1.71 bits per heavy atom. The minimum Gasteiger partial charge on any atom is -0.302 e. The third-order valence-corrected chi connectivity index (χ3v) is 2.92. The van der Waals surface area contributed by atoms with Gasteiger partial charge in [-0.3, -0.25) is 0 Å². The summed E-state index contributed by atoms with van der Waals surface area (Å²) in [5, 5.41) is 0. The monoisotopic (exact) mass is 243 g/mol. The molecule has 0 atom stereocenters. The Hall–Kier alpha value is -0.0800. The Balaban J connectivity index is 2.89. The quantitative estimate of drug-likeness (QED) is 0.369. The van der Waals surface area contributed by atoms with Crippen LogP contribution < -0.4 is 5.48 Å². The SMILES string of the molecule is CCCCCCCCCCCCONC(C)C. The molecule has 0 saturated carbocycles. The first-order valence-corrected chi connectivity index (χ1v) is 7.64. The fraction of sp³-hybridized carbons (Fsp3) is 1.00. The molecule has 17 heavy (non-hydrogen) atoms. The lowest BCUT2D eigenvalue weighted by molar-refractivity contribution is 0.0217. The molecule has 0 unspecified atom stereocenters. The molecule has 0 spiro atoms.